The molecule has 1 atom stereocenters. The zero-order valence-electron chi connectivity index (χ0n) is 22.5. The van der Waals surface area contributed by atoms with Gasteiger partial charge in [-0.05, 0) is 41.5 Å². The van der Waals surface area contributed by atoms with Crippen molar-refractivity contribution >= 4 is 11.8 Å². The van der Waals surface area contributed by atoms with Crippen molar-refractivity contribution in [2.24, 2.45) is 0 Å². The number of methoxy groups -OCH3 is 1. The van der Waals surface area contributed by atoms with E-state index in [1.54, 1.807) is 54.6 Å². The summed E-state index contributed by atoms with van der Waals surface area (Å²) >= 11 is 0. The molecule has 0 saturated carbocycles. The lowest BCUT2D eigenvalue weighted by Gasteiger charge is -2.36. The van der Waals surface area contributed by atoms with E-state index < -0.39 is 46.9 Å². The Balaban J connectivity index is 1.84. The standard InChI is InChI=1S/C30H28F6N2O4/c1-41-25-9-7-21(8-10-25)19-38(27(39)22-16-23(29(31,32)33)18-24(17-22)30(34,35)36)26(15-20-5-3-2-4-6-20)28(40)37-11-13-42-14-12-37/h2-10,16-18,26H,11-15,19H2,1H3. The number of nitrogens with zero attached hydrogens (tertiary/aromatic N) is 2. The highest BCUT2D eigenvalue weighted by Crippen LogP contribution is 2.37. The molecule has 1 aliphatic heterocycles. The van der Waals surface area contributed by atoms with E-state index >= 15 is 0 Å². The third-order valence-corrected chi connectivity index (χ3v) is 6.86. The largest absolute Gasteiger partial charge is 0.497 e. The highest BCUT2D eigenvalue weighted by atomic mass is 19.4. The van der Waals surface area contributed by atoms with Crippen LogP contribution in [0, 0.1) is 0 Å². The summed E-state index contributed by atoms with van der Waals surface area (Å²) in [5.41, 5.74) is -2.94. The van der Waals surface area contributed by atoms with Crippen LogP contribution in [0.25, 0.3) is 0 Å². The number of hydrogen-bond acceptors (Lipinski definition) is 4. The van der Waals surface area contributed by atoms with Gasteiger partial charge in [-0.2, -0.15) is 26.3 Å². The lowest BCUT2D eigenvalue weighted by molar-refractivity contribution is -0.143. The van der Waals surface area contributed by atoms with Crippen LogP contribution < -0.4 is 4.74 Å². The molecule has 0 aliphatic carbocycles. The highest BCUT2D eigenvalue weighted by Gasteiger charge is 2.40. The summed E-state index contributed by atoms with van der Waals surface area (Å²) in [6, 6.07) is 14.5. The van der Waals surface area contributed by atoms with E-state index in [4.69, 9.17) is 9.47 Å². The summed E-state index contributed by atoms with van der Waals surface area (Å²) < 4.78 is 92.4. The van der Waals surface area contributed by atoms with Gasteiger partial charge in [0.05, 0.1) is 31.5 Å². The number of carbonyl (C=O) groups is 2. The molecular formula is C30H28F6N2O4. The van der Waals surface area contributed by atoms with Crippen LogP contribution in [0.4, 0.5) is 26.3 Å². The van der Waals surface area contributed by atoms with Crippen molar-refractivity contribution in [3.8, 4) is 5.75 Å². The summed E-state index contributed by atoms with van der Waals surface area (Å²) in [6.45, 7) is 0.665. The molecule has 1 fully saturated rings. The topological polar surface area (TPSA) is 59.1 Å². The summed E-state index contributed by atoms with van der Waals surface area (Å²) in [4.78, 5) is 30.5. The Bertz CT molecular complexity index is 1340. The van der Waals surface area contributed by atoms with Gasteiger partial charge in [0.15, 0.2) is 0 Å². The Hall–Kier alpha value is -4.06. The SMILES string of the molecule is COc1ccc(CN(C(=O)c2cc(C(F)(F)F)cc(C(F)(F)F)c2)C(Cc2ccccc2)C(=O)N2CCOCC2)cc1. The molecule has 6 nitrogen and oxygen atoms in total. The first-order valence-electron chi connectivity index (χ1n) is 13.0. The third-order valence-electron chi connectivity index (χ3n) is 6.86. The van der Waals surface area contributed by atoms with Crippen LogP contribution in [0.2, 0.25) is 0 Å². The quantitative estimate of drug-likeness (QED) is 0.308. The molecule has 224 valence electrons. The van der Waals surface area contributed by atoms with Gasteiger partial charge in [-0.25, -0.2) is 0 Å². The number of morpholine rings is 1. The van der Waals surface area contributed by atoms with Gasteiger partial charge in [-0.15, -0.1) is 0 Å². The minimum atomic E-state index is -5.15. The van der Waals surface area contributed by atoms with Crippen molar-refractivity contribution in [3.05, 3.63) is 101 Å². The summed E-state index contributed by atoms with van der Waals surface area (Å²) in [5, 5.41) is 0. The lowest BCUT2D eigenvalue weighted by Crippen LogP contribution is -2.54. The lowest BCUT2D eigenvalue weighted by atomic mass is 9.99. The first-order valence-corrected chi connectivity index (χ1v) is 13.0. The molecular weight excluding hydrogens is 566 g/mol. The molecule has 0 radical (unpaired) electrons. The molecule has 4 rings (SSSR count). The fourth-order valence-electron chi connectivity index (χ4n) is 4.66. The van der Waals surface area contributed by atoms with E-state index in [9.17, 15) is 35.9 Å². The van der Waals surface area contributed by atoms with Gasteiger partial charge in [0.2, 0.25) is 5.91 Å². The van der Waals surface area contributed by atoms with Crippen LogP contribution in [0.3, 0.4) is 0 Å². The van der Waals surface area contributed by atoms with Crippen LogP contribution in [0.1, 0.15) is 32.6 Å². The Morgan fingerprint density at radius 3 is 1.95 bits per heavy atom. The molecule has 0 N–H and O–H groups in total. The van der Waals surface area contributed by atoms with E-state index in [1.807, 2.05) is 0 Å². The van der Waals surface area contributed by atoms with Gasteiger partial charge in [-0.1, -0.05) is 42.5 Å². The number of hydrogen-bond donors (Lipinski definition) is 0. The van der Waals surface area contributed by atoms with Crippen molar-refractivity contribution in [2.75, 3.05) is 33.4 Å². The molecule has 1 heterocycles. The molecule has 0 bridgehead atoms. The molecule has 3 aromatic carbocycles. The maximum Gasteiger partial charge on any atom is 0.416 e. The van der Waals surface area contributed by atoms with Gasteiger partial charge in [-0.3, -0.25) is 9.59 Å². The number of halogens is 6. The van der Waals surface area contributed by atoms with Crippen molar-refractivity contribution in [1.82, 2.24) is 9.80 Å². The summed E-state index contributed by atoms with van der Waals surface area (Å²) in [7, 11) is 1.45. The first-order chi connectivity index (χ1) is 19.9. The molecule has 2 amide bonds. The molecule has 3 aromatic rings. The summed E-state index contributed by atoms with van der Waals surface area (Å²) in [5.74, 6) is -1.15. The van der Waals surface area contributed by atoms with Crippen LogP contribution in [-0.4, -0.2) is 61.1 Å². The Morgan fingerprint density at radius 2 is 1.43 bits per heavy atom. The van der Waals surface area contributed by atoms with Crippen molar-refractivity contribution in [1.29, 1.82) is 0 Å². The van der Waals surface area contributed by atoms with Crippen molar-refractivity contribution in [2.45, 2.75) is 31.4 Å². The predicted octanol–water partition coefficient (Wildman–Crippen LogP) is 5.85. The van der Waals surface area contributed by atoms with Crippen molar-refractivity contribution in [3.63, 3.8) is 0 Å². The smallest absolute Gasteiger partial charge is 0.416 e. The van der Waals surface area contributed by atoms with Gasteiger partial charge in [0, 0.05) is 31.6 Å². The van der Waals surface area contributed by atoms with E-state index in [2.05, 4.69) is 0 Å². The monoisotopic (exact) mass is 594 g/mol. The zero-order valence-corrected chi connectivity index (χ0v) is 22.5. The number of carbonyl (C=O) groups excluding carboxylic acids is 2. The number of amides is 2. The van der Waals surface area contributed by atoms with E-state index in [0.717, 1.165) is 4.90 Å². The Labute approximate surface area is 238 Å². The van der Waals surface area contributed by atoms with Gasteiger partial charge in [0.1, 0.15) is 11.8 Å². The average molecular weight is 595 g/mol. The van der Waals surface area contributed by atoms with E-state index in [1.165, 1.54) is 12.0 Å². The fraction of sp³-hybridized carbons (Fsp3) is 0.333. The van der Waals surface area contributed by atoms with Crippen LogP contribution >= 0.6 is 0 Å². The Morgan fingerprint density at radius 1 is 0.857 bits per heavy atom. The fourth-order valence-corrected chi connectivity index (χ4v) is 4.66. The second-order valence-corrected chi connectivity index (χ2v) is 9.72. The predicted molar refractivity (Wildman–Crippen MR) is 141 cm³/mol. The summed E-state index contributed by atoms with van der Waals surface area (Å²) in [6.07, 6.45) is -10.3. The van der Waals surface area contributed by atoms with Gasteiger partial charge < -0.3 is 19.3 Å². The molecule has 42 heavy (non-hydrogen) atoms. The van der Waals surface area contributed by atoms with Crippen LogP contribution in [-0.2, 0) is 34.8 Å². The molecule has 12 heteroatoms. The number of ether oxygens (including phenoxy) is 2. The Kier molecular flexibility index (Phi) is 9.45. The average Bonchev–Trinajstić information content (AvgIpc) is 2.98. The normalized spacial score (nSPS) is 14.8. The van der Waals surface area contributed by atoms with E-state index in [0.29, 0.717) is 29.0 Å². The minimum Gasteiger partial charge on any atom is -0.497 e. The maximum atomic E-state index is 14.0. The molecule has 0 spiro atoms. The van der Waals surface area contributed by atoms with Crippen LogP contribution in [0.5, 0.6) is 5.75 Å². The molecule has 1 saturated heterocycles. The third kappa shape index (κ3) is 7.61. The van der Waals surface area contributed by atoms with Crippen LogP contribution in [0.15, 0.2) is 72.8 Å². The second kappa shape index (κ2) is 12.8. The zero-order chi connectivity index (χ0) is 30.5. The number of rotatable bonds is 8. The highest BCUT2D eigenvalue weighted by molar-refractivity contribution is 5.98. The second-order valence-electron chi connectivity index (χ2n) is 9.72. The van der Waals surface area contributed by atoms with Gasteiger partial charge in [0.25, 0.3) is 5.91 Å². The molecule has 1 aliphatic rings. The number of alkyl halides is 6. The van der Waals surface area contributed by atoms with Gasteiger partial charge >= 0.3 is 12.4 Å². The molecule has 1 unspecified atom stereocenters. The minimum absolute atomic E-state index is 0.0238. The number of benzene rings is 3. The molecule has 0 aromatic heterocycles. The van der Waals surface area contributed by atoms with Crippen molar-refractivity contribution < 1.29 is 45.4 Å². The maximum absolute atomic E-state index is 14.0. The van der Waals surface area contributed by atoms with E-state index in [-0.39, 0.29) is 45.3 Å². The first kappa shape index (κ1) is 30.9.